The summed E-state index contributed by atoms with van der Waals surface area (Å²) in [6.45, 7) is 0. The van der Waals surface area contributed by atoms with E-state index in [1.54, 1.807) is 6.07 Å². The van der Waals surface area contributed by atoms with Crippen molar-refractivity contribution in [2.45, 2.75) is 4.90 Å². The van der Waals surface area contributed by atoms with Crippen molar-refractivity contribution in [3.8, 4) is 0 Å². The van der Waals surface area contributed by atoms with Crippen LogP contribution in [-0.4, -0.2) is 19.3 Å². The Balaban J connectivity index is 2.14. The number of pyridine rings is 1. The number of halogens is 2. The third-order valence-electron chi connectivity index (χ3n) is 2.35. The van der Waals surface area contributed by atoms with E-state index in [0.717, 1.165) is 0 Å². The molecule has 0 bridgehead atoms. The summed E-state index contributed by atoms with van der Waals surface area (Å²) >= 11 is 5.67. The average molecular weight is 331 g/mol. The van der Waals surface area contributed by atoms with Crippen molar-refractivity contribution >= 4 is 42.9 Å². The second-order valence-electron chi connectivity index (χ2n) is 3.78. The van der Waals surface area contributed by atoms with Crippen LogP contribution in [0, 0.1) is 0 Å². The van der Waals surface area contributed by atoms with E-state index >= 15 is 0 Å². The Morgan fingerprint density at radius 3 is 2.25 bits per heavy atom. The number of rotatable bonds is 3. The summed E-state index contributed by atoms with van der Waals surface area (Å²) in [5.41, 5.74) is 0.624. The van der Waals surface area contributed by atoms with E-state index in [0.29, 0.717) is 10.7 Å². The van der Waals surface area contributed by atoms with Crippen molar-refractivity contribution in [3.63, 3.8) is 0 Å². The first-order chi connectivity index (χ1) is 9.36. The van der Waals surface area contributed by atoms with E-state index < -0.39 is 15.0 Å². The summed E-state index contributed by atoms with van der Waals surface area (Å²) in [5.74, 6) is -0.428. The summed E-state index contributed by atoms with van der Waals surface area (Å²) in [6.07, 6.45) is 1.36. The predicted molar refractivity (Wildman–Crippen MR) is 76.7 cm³/mol. The fourth-order valence-corrected chi connectivity index (χ4v) is 2.29. The van der Waals surface area contributed by atoms with Crippen molar-refractivity contribution in [3.05, 3.63) is 53.3 Å². The third-order valence-corrected chi connectivity index (χ3v) is 3.95. The molecule has 104 valence electrons. The molecule has 2 rings (SSSR count). The summed E-state index contributed by atoms with van der Waals surface area (Å²) in [7, 11) is 1.42. The first kappa shape index (κ1) is 14.8. The number of amides is 1. The lowest BCUT2D eigenvalue weighted by Gasteiger charge is -2.05. The van der Waals surface area contributed by atoms with E-state index in [2.05, 4.69) is 10.3 Å². The molecule has 0 aliphatic heterocycles. The normalized spacial score (nSPS) is 11.1. The van der Waals surface area contributed by atoms with Crippen molar-refractivity contribution in [1.82, 2.24) is 4.98 Å². The Morgan fingerprint density at radius 1 is 1.10 bits per heavy atom. The third kappa shape index (κ3) is 3.69. The lowest BCUT2D eigenvalue weighted by molar-refractivity contribution is 0.102. The van der Waals surface area contributed by atoms with Crippen molar-refractivity contribution in [2.24, 2.45) is 0 Å². The zero-order chi connectivity index (χ0) is 14.8. The van der Waals surface area contributed by atoms with Gasteiger partial charge in [-0.1, -0.05) is 11.6 Å². The van der Waals surface area contributed by atoms with Crippen LogP contribution in [0.4, 0.5) is 5.69 Å². The van der Waals surface area contributed by atoms with Gasteiger partial charge < -0.3 is 5.32 Å². The maximum Gasteiger partial charge on any atom is 0.274 e. The second kappa shape index (κ2) is 5.78. The molecule has 0 fully saturated rings. The van der Waals surface area contributed by atoms with Crippen molar-refractivity contribution in [1.29, 1.82) is 0 Å². The van der Waals surface area contributed by atoms with Crippen LogP contribution in [0.1, 0.15) is 10.5 Å². The van der Waals surface area contributed by atoms with Gasteiger partial charge in [-0.2, -0.15) is 0 Å². The van der Waals surface area contributed by atoms with Gasteiger partial charge in [0.1, 0.15) is 5.69 Å². The van der Waals surface area contributed by atoms with Crippen LogP contribution >= 0.6 is 22.3 Å². The molecule has 0 spiro atoms. The number of carbonyl (C=O) groups is 1. The molecule has 1 N–H and O–H groups in total. The molecule has 20 heavy (non-hydrogen) atoms. The fourth-order valence-electron chi connectivity index (χ4n) is 1.41. The van der Waals surface area contributed by atoms with Gasteiger partial charge in [0, 0.05) is 22.6 Å². The van der Waals surface area contributed by atoms with Gasteiger partial charge in [0.2, 0.25) is 0 Å². The monoisotopic (exact) mass is 330 g/mol. The van der Waals surface area contributed by atoms with Crippen LogP contribution in [0.3, 0.4) is 0 Å². The van der Waals surface area contributed by atoms with E-state index in [4.69, 9.17) is 22.3 Å². The van der Waals surface area contributed by atoms with Crippen LogP contribution < -0.4 is 5.32 Å². The number of nitrogens with zero attached hydrogens (tertiary/aromatic N) is 1. The fraction of sp³-hybridized carbons (Fsp3) is 0. The molecule has 2 aromatic rings. The number of benzene rings is 1. The van der Waals surface area contributed by atoms with Gasteiger partial charge in [0.25, 0.3) is 15.0 Å². The Labute approximate surface area is 125 Å². The summed E-state index contributed by atoms with van der Waals surface area (Å²) in [5, 5.41) is 3.00. The minimum absolute atomic E-state index is 0.0400. The van der Waals surface area contributed by atoms with E-state index in [9.17, 15) is 13.2 Å². The number of hydrogen-bond acceptors (Lipinski definition) is 4. The number of nitrogens with one attached hydrogen (secondary N) is 1. The number of anilines is 1. The molecule has 1 heterocycles. The predicted octanol–water partition coefficient (Wildman–Crippen LogP) is 2.91. The Morgan fingerprint density at radius 2 is 1.75 bits per heavy atom. The molecule has 0 aliphatic rings. The Bertz CT molecular complexity index is 728. The van der Waals surface area contributed by atoms with Crippen LogP contribution in [0.25, 0.3) is 0 Å². The maximum absolute atomic E-state index is 11.8. The summed E-state index contributed by atoms with van der Waals surface area (Å²) < 4.78 is 22.2. The van der Waals surface area contributed by atoms with Gasteiger partial charge in [-0.05, 0) is 36.4 Å². The quantitative estimate of drug-likeness (QED) is 0.878. The molecule has 0 unspecified atom stereocenters. The number of carbonyl (C=O) groups excluding carboxylic acids is 1. The Kier molecular flexibility index (Phi) is 4.27. The van der Waals surface area contributed by atoms with Gasteiger partial charge in [0.15, 0.2) is 0 Å². The topological polar surface area (TPSA) is 76.1 Å². The molecule has 1 aromatic carbocycles. The lowest BCUT2D eigenvalue weighted by Crippen LogP contribution is -2.13. The molecule has 0 atom stereocenters. The zero-order valence-corrected chi connectivity index (χ0v) is 12.2. The van der Waals surface area contributed by atoms with Gasteiger partial charge >= 0.3 is 0 Å². The number of aromatic nitrogens is 1. The van der Waals surface area contributed by atoms with E-state index in [1.807, 2.05) is 0 Å². The minimum Gasteiger partial charge on any atom is -0.321 e. The molecule has 5 nitrogen and oxygen atoms in total. The van der Waals surface area contributed by atoms with Gasteiger partial charge in [0.05, 0.1) is 9.92 Å². The first-order valence-corrected chi connectivity index (χ1v) is 8.02. The molecule has 8 heteroatoms. The van der Waals surface area contributed by atoms with Gasteiger partial charge in [-0.3, -0.25) is 4.79 Å². The van der Waals surface area contributed by atoms with Gasteiger partial charge in [-0.15, -0.1) is 0 Å². The molecular formula is C12H8Cl2N2O3S. The maximum atomic E-state index is 11.8. The minimum atomic E-state index is -3.77. The highest BCUT2D eigenvalue weighted by atomic mass is 35.7. The first-order valence-electron chi connectivity index (χ1n) is 5.34. The van der Waals surface area contributed by atoms with E-state index in [1.165, 1.54) is 36.5 Å². The largest absolute Gasteiger partial charge is 0.321 e. The molecule has 0 saturated carbocycles. The zero-order valence-electron chi connectivity index (χ0n) is 9.88. The van der Waals surface area contributed by atoms with Crippen LogP contribution in [0.5, 0.6) is 0 Å². The standard InChI is InChI=1S/C12H8Cl2N2O3S/c13-8-1-6-11(15-7-8)12(17)16-9-2-4-10(5-3-9)20(14,18)19/h1-7H,(H,16,17). The molecule has 0 saturated heterocycles. The van der Waals surface area contributed by atoms with Gasteiger partial charge in [-0.25, -0.2) is 13.4 Å². The molecular weight excluding hydrogens is 323 g/mol. The van der Waals surface area contributed by atoms with E-state index in [-0.39, 0.29) is 10.6 Å². The highest BCUT2D eigenvalue weighted by Gasteiger charge is 2.11. The second-order valence-corrected chi connectivity index (χ2v) is 6.78. The average Bonchev–Trinajstić information content (AvgIpc) is 2.39. The molecule has 1 aromatic heterocycles. The smallest absolute Gasteiger partial charge is 0.274 e. The molecule has 1 amide bonds. The summed E-state index contributed by atoms with van der Waals surface area (Å²) in [4.78, 5) is 15.7. The highest BCUT2D eigenvalue weighted by molar-refractivity contribution is 8.13. The number of hydrogen-bond donors (Lipinski definition) is 1. The Hall–Kier alpha value is -1.63. The van der Waals surface area contributed by atoms with Crippen molar-refractivity contribution in [2.75, 3.05) is 5.32 Å². The van der Waals surface area contributed by atoms with Crippen LogP contribution in [0.15, 0.2) is 47.5 Å². The highest BCUT2D eigenvalue weighted by Crippen LogP contribution is 2.18. The van der Waals surface area contributed by atoms with Crippen molar-refractivity contribution < 1.29 is 13.2 Å². The molecule has 0 aliphatic carbocycles. The van der Waals surface area contributed by atoms with Crippen LogP contribution in [0.2, 0.25) is 5.02 Å². The summed E-state index contributed by atoms with van der Waals surface area (Å²) in [6, 6.07) is 8.49. The molecule has 0 radical (unpaired) electrons. The van der Waals surface area contributed by atoms with Crippen LogP contribution in [-0.2, 0) is 9.05 Å². The lowest BCUT2D eigenvalue weighted by atomic mass is 10.3. The SMILES string of the molecule is O=C(Nc1ccc(S(=O)(=O)Cl)cc1)c1ccc(Cl)cn1.